The van der Waals surface area contributed by atoms with Gasteiger partial charge in [0.1, 0.15) is 5.76 Å². The summed E-state index contributed by atoms with van der Waals surface area (Å²) >= 11 is 1.74. The molecule has 0 aliphatic heterocycles. The van der Waals surface area contributed by atoms with Gasteiger partial charge in [0.25, 0.3) is 0 Å². The molecule has 2 rings (SSSR count). The first-order chi connectivity index (χ1) is 12.9. The van der Waals surface area contributed by atoms with E-state index in [1.165, 1.54) is 5.56 Å². The Kier molecular flexibility index (Phi) is 10.5. The highest BCUT2D eigenvalue weighted by atomic mass is 127. The summed E-state index contributed by atoms with van der Waals surface area (Å²) in [4.78, 5) is 11.1. The van der Waals surface area contributed by atoms with Gasteiger partial charge in [0.2, 0.25) is 5.89 Å². The molecule has 0 bridgehead atoms. The number of hydrogen-bond donors (Lipinski definition) is 2. The molecule has 2 aromatic rings. The smallest absolute Gasteiger partial charge is 0.213 e. The minimum Gasteiger partial charge on any atom is -0.443 e. The Balaban J connectivity index is 0.00000392. The van der Waals surface area contributed by atoms with Crippen LogP contribution in [0.1, 0.15) is 57.9 Å². The van der Waals surface area contributed by atoms with E-state index in [4.69, 9.17) is 4.42 Å². The Morgan fingerprint density at radius 2 is 2.00 bits per heavy atom. The molecule has 0 aromatic carbocycles. The van der Waals surface area contributed by atoms with Crippen molar-refractivity contribution in [3.05, 3.63) is 40.2 Å². The second-order valence-electron chi connectivity index (χ2n) is 7.47. The van der Waals surface area contributed by atoms with Gasteiger partial charge in [-0.2, -0.15) is 11.3 Å². The van der Waals surface area contributed by atoms with Crippen molar-refractivity contribution in [1.29, 1.82) is 0 Å². The van der Waals surface area contributed by atoms with Crippen molar-refractivity contribution in [1.82, 2.24) is 20.5 Å². The number of aromatic nitrogens is 1. The van der Waals surface area contributed by atoms with E-state index in [1.807, 2.05) is 0 Å². The number of halogens is 1. The van der Waals surface area contributed by atoms with E-state index in [9.17, 15) is 0 Å². The fourth-order valence-corrected chi connectivity index (χ4v) is 3.61. The van der Waals surface area contributed by atoms with Crippen LogP contribution in [-0.2, 0) is 12.0 Å². The lowest BCUT2D eigenvalue weighted by atomic mass is 9.94. The van der Waals surface area contributed by atoms with Gasteiger partial charge in [-0.1, -0.05) is 34.6 Å². The molecule has 28 heavy (non-hydrogen) atoms. The largest absolute Gasteiger partial charge is 0.443 e. The molecule has 0 aliphatic rings. The van der Waals surface area contributed by atoms with Crippen LogP contribution in [0.3, 0.4) is 0 Å². The fraction of sp³-hybridized carbons (Fsp3) is 0.600. The van der Waals surface area contributed by atoms with E-state index >= 15 is 0 Å². The summed E-state index contributed by atoms with van der Waals surface area (Å²) in [6.07, 6.45) is 1.81. The van der Waals surface area contributed by atoms with Crippen LogP contribution in [0.4, 0.5) is 0 Å². The molecule has 158 valence electrons. The first-order valence-corrected chi connectivity index (χ1v) is 10.5. The molecule has 2 heterocycles. The van der Waals surface area contributed by atoms with E-state index < -0.39 is 0 Å². The summed E-state index contributed by atoms with van der Waals surface area (Å²) in [5, 5.41) is 11.1. The maximum Gasteiger partial charge on any atom is 0.213 e. The number of rotatable bonds is 8. The second kappa shape index (κ2) is 11.8. The first kappa shape index (κ1) is 24.9. The maximum atomic E-state index is 5.84. The van der Waals surface area contributed by atoms with Crippen LogP contribution in [-0.4, -0.2) is 42.5 Å². The summed E-state index contributed by atoms with van der Waals surface area (Å²) in [6.45, 7) is 14.1. The van der Waals surface area contributed by atoms with E-state index in [1.54, 1.807) is 24.6 Å². The van der Waals surface area contributed by atoms with Crippen molar-refractivity contribution in [3.63, 3.8) is 0 Å². The van der Waals surface area contributed by atoms with Gasteiger partial charge in [-0.3, -0.25) is 9.89 Å². The summed E-state index contributed by atoms with van der Waals surface area (Å²) < 4.78 is 5.84. The molecule has 8 heteroatoms. The second-order valence-corrected chi connectivity index (χ2v) is 8.25. The lowest BCUT2D eigenvalue weighted by molar-refractivity contribution is 0.219. The third-order valence-corrected chi connectivity index (χ3v) is 5.27. The summed E-state index contributed by atoms with van der Waals surface area (Å²) in [7, 11) is 1.78. The molecule has 0 fully saturated rings. The van der Waals surface area contributed by atoms with Crippen LogP contribution in [0.5, 0.6) is 0 Å². The highest BCUT2D eigenvalue weighted by Gasteiger charge is 2.20. The van der Waals surface area contributed by atoms with Gasteiger partial charge >= 0.3 is 0 Å². The summed E-state index contributed by atoms with van der Waals surface area (Å²) in [5.41, 5.74) is 1.30. The van der Waals surface area contributed by atoms with Crippen LogP contribution in [0.2, 0.25) is 0 Å². The van der Waals surface area contributed by atoms with Crippen molar-refractivity contribution in [2.24, 2.45) is 4.99 Å². The lowest BCUT2D eigenvalue weighted by Gasteiger charge is -2.30. The maximum absolute atomic E-state index is 5.84. The zero-order chi connectivity index (χ0) is 19.9. The van der Waals surface area contributed by atoms with E-state index in [-0.39, 0.29) is 29.4 Å². The SMILES string of the molecule is CCN(CC)C(CNC(=NC)NCc1ncc(C(C)(C)C)o1)c1ccsc1.I. The average Bonchev–Trinajstić information content (AvgIpc) is 3.32. The number of guanidine groups is 1. The lowest BCUT2D eigenvalue weighted by Crippen LogP contribution is -2.43. The predicted octanol–water partition coefficient (Wildman–Crippen LogP) is 4.40. The Labute approximate surface area is 190 Å². The third kappa shape index (κ3) is 7.04. The van der Waals surface area contributed by atoms with Crippen LogP contribution in [0.15, 0.2) is 32.4 Å². The molecular formula is C20H34IN5OS. The minimum absolute atomic E-state index is 0. The molecule has 2 N–H and O–H groups in total. The molecule has 0 saturated carbocycles. The van der Waals surface area contributed by atoms with Gasteiger partial charge < -0.3 is 15.1 Å². The zero-order valence-electron chi connectivity index (χ0n) is 17.8. The number of likely N-dealkylation sites (N-methyl/N-ethyl adjacent to an activating group) is 1. The van der Waals surface area contributed by atoms with Crippen LogP contribution < -0.4 is 10.6 Å². The molecule has 0 spiro atoms. The molecule has 6 nitrogen and oxygen atoms in total. The molecule has 0 aliphatic carbocycles. The zero-order valence-corrected chi connectivity index (χ0v) is 20.9. The Morgan fingerprint density at radius 3 is 2.50 bits per heavy atom. The number of hydrogen-bond acceptors (Lipinski definition) is 5. The number of thiophene rings is 1. The van der Waals surface area contributed by atoms with Crippen LogP contribution in [0, 0.1) is 0 Å². The molecule has 1 atom stereocenters. The van der Waals surface area contributed by atoms with Crippen molar-refractivity contribution in [2.45, 2.75) is 52.6 Å². The first-order valence-electron chi connectivity index (χ1n) is 9.54. The van der Waals surface area contributed by atoms with Crippen LogP contribution >= 0.6 is 35.3 Å². The Bertz CT molecular complexity index is 705. The van der Waals surface area contributed by atoms with E-state index in [0.717, 1.165) is 31.4 Å². The highest BCUT2D eigenvalue weighted by molar-refractivity contribution is 14.0. The summed E-state index contributed by atoms with van der Waals surface area (Å²) in [6, 6.07) is 2.52. The van der Waals surface area contributed by atoms with Gasteiger partial charge in [-0.15, -0.1) is 24.0 Å². The third-order valence-electron chi connectivity index (χ3n) is 4.57. The molecule has 0 radical (unpaired) electrons. The number of nitrogens with one attached hydrogen (secondary N) is 2. The van der Waals surface area contributed by atoms with E-state index in [2.05, 4.69) is 77.0 Å². The molecule has 1 unspecified atom stereocenters. The van der Waals surface area contributed by atoms with Gasteiger partial charge in [0.05, 0.1) is 18.8 Å². The standard InChI is InChI=1S/C20H33N5OS.HI/c1-7-25(8-2)16(15-9-10-27-14-15)11-23-19(21-6)24-13-18-22-12-17(26-18)20(3,4)5;/h9-10,12,14,16H,7-8,11,13H2,1-6H3,(H2,21,23,24);1H. The monoisotopic (exact) mass is 519 g/mol. The topological polar surface area (TPSA) is 65.7 Å². The predicted molar refractivity (Wildman–Crippen MR) is 129 cm³/mol. The summed E-state index contributed by atoms with van der Waals surface area (Å²) in [5.74, 6) is 2.31. The highest BCUT2D eigenvalue weighted by Crippen LogP contribution is 2.23. The molecule has 2 aromatic heterocycles. The van der Waals surface area contributed by atoms with Gasteiger partial charge in [-0.25, -0.2) is 4.98 Å². The van der Waals surface area contributed by atoms with Crippen molar-refractivity contribution in [2.75, 3.05) is 26.7 Å². The van der Waals surface area contributed by atoms with Crippen molar-refractivity contribution < 1.29 is 4.42 Å². The van der Waals surface area contributed by atoms with Gasteiger partial charge in [0.15, 0.2) is 5.96 Å². The average molecular weight is 519 g/mol. The van der Waals surface area contributed by atoms with Gasteiger partial charge in [0, 0.05) is 19.0 Å². The normalized spacial score (nSPS) is 13.3. The minimum atomic E-state index is -0.0390. The Hall–Kier alpha value is -1.13. The number of nitrogens with zero attached hydrogens (tertiary/aromatic N) is 3. The van der Waals surface area contributed by atoms with Crippen LogP contribution in [0.25, 0.3) is 0 Å². The number of aliphatic imine (C=N–C) groups is 1. The Morgan fingerprint density at radius 1 is 1.29 bits per heavy atom. The molecule has 0 saturated heterocycles. The molecule has 0 amide bonds. The van der Waals surface area contributed by atoms with E-state index in [0.29, 0.717) is 18.5 Å². The van der Waals surface area contributed by atoms with Gasteiger partial charge in [-0.05, 0) is 35.5 Å². The number of oxazole rings is 1. The van der Waals surface area contributed by atoms with Crippen molar-refractivity contribution >= 4 is 41.3 Å². The molecular weight excluding hydrogens is 485 g/mol. The van der Waals surface area contributed by atoms with Crippen molar-refractivity contribution in [3.8, 4) is 0 Å². The quantitative estimate of drug-likeness (QED) is 0.308. The fourth-order valence-electron chi connectivity index (χ4n) is 2.90.